The zero-order valence-electron chi connectivity index (χ0n) is 20.2. The first-order valence-corrected chi connectivity index (χ1v) is 13.5. The van der Waals surface area contributed by atoms with Gasteiger partial charge in [-0.3, -0.25) is 0 Å². The van der Waals surface area contributed by atoms with E-state index < -0.39 is 22.2 Å². The maximum Gasteiger partial charge on any atom is 0.490 e. The number of aliphatic carboxylic acids is 1. The van der Waals surface area contributed by atoms with Gasteiger partial charge in [-0.1, -0.05) is 6.07 Å². The van der Waals surface area contributed by atoms with Crippen molar-refractivity contribution >= 4 is 16.0 Å². The number of alkyl halides is 3. The van der Waals surface area contributed by atoms with Gasteiger partial charge >= 0.3 is 12.1 Å². The smallest absolute Gasteiger partial charge is 0.475 e. The van der Waals surface area contributed by atoms with Gasteiger partial charge in [-0.05, 0) is 69.5 Å². The molecule has 0 aromatic carbocycles. The largest absolute Gasteiger partial charge is 0.490 e. The number of ether oxygens (including phenoxy) is 1. The predicted molar refractivity (Wildman–Crippen MR) is 124 cm³/mol. The fourth-order valence-corrected chi connectivity index (χ4v) is 6.54. The van der Waals surface area contributed by atoms with Crippen LogP contribution in [0.1, 0.15) is 44.9 Å². The highest BCUT2D eigenvalue weighted by Gasteiger charge is 2.45. The van der Waals surface area contributed by atoms with Gasteiger partial charge in [0, 0.05) is 31.9 Å². The van der Waals surface area contributed by atoms with Crippen molar-refractivity contribution < 1.29 is 41.3 Å². The number of aliphatic hydroxyl groups excluding tert-OH is 1. The molecular formula is C23H34F3N3O6S. The van der Waals surface area contributed by atoms with E-state index in [-0.39, 0.29) is 22.6 Å². The minimum absolute atomic E-state index is 0.102. The van der Waals surface area contributed by atoms with Gasteiger partial charge in [0.25, 0.3) is 10.0 Å². The summed E-state index contributed by atoms with van der Waals surface area (Å²) in [6.07, 6.45) is 3.11. The molecule has 1 saturated carbocycles. The number of carboxylic acid groups (broad SMARTS) is 1. The van der Waals surface area contributed by atoms with Crippen LogP contribution in [-0.2, 0) is 19.6 Å². The van der Waals surface area contributed by atoms with Gasteiger partial charge < -0.3 is 19.8 Å². The lowest BCUT2D eigenvalue weighted by Gasteiger charge is -2.38. The van der Waals surface area contributed by atoms with E-state index in [1.165, 1.54) is 6.20 Å². The SMILES string of the molecule is CN(CC1CC2(CCN(S(=O)(=O)c3ccccn3)CC2)CO1)C1CCC(O)CC1.O=C(O)C(F)(F)F. The number of nitrogens with zero attached hydrogens (tertiary/aromatic N) is 3. The first-order valence-electron chi connectivity index (χ1n) is 12.0. The molecule has 1 aromatic heterocycles. The highest BCUT2D eigenvalue weighted by atomic mass is 32.2. The Bertz CT molecular complexity index is 963. The van der Waals surface area contributed by atoms with Crippen molar-refractivity contribution in [2.24, 2.45) is 5.41 Å². The number of halogens is 3. The molecule has 204 valence electrons. The summed E-state index contributed by atoms with van der Waals surface area (Å²) < 4.78 is 65.1. The van der Waals surface area contributed by atoms with Crippen LogP contribution < -0.4 is 0 Å². The molecule has 0 amide bonds. The predicted octanol–water partition coefficient (Wildman–Crippen LogP) is 2.51. The molecule has 1 atom stereocenters. The molecule has 4 rings (SSSR count). The summed E-state index contributed by atoms with van der Waals surface area (Å²) in [6, 6.07) is 5.54. The minimum atomic E-state index is -5.08. The summed E-state index contributed by atoms with van der Waals surface area (Å²) in [5.41, 5.74) is 0.102. The van der Waals surface area contributed by atoms with Gasteiger partial charge in [0.2, 0.25) is 0 Å². The topological polar surface area (TPSA) is 120 Å². The van der Waals surface area contributed by atoms with Crippen molar-refractivity contribution in [3.63, 3.8) is 0 Å². The fourth-order valence-electron chi connectivity index (χ4n) is 5.16. The standard InChI is InChI=1S/C21H33N3O4S.C2HF3O2/c1-23(17-5-7-18(25)8-6-17)15-19-14-21(16-28-19)9-12-24(13-10-21)29(26,27)20-4-2-3-11-22-20;3-2(4,5)1(6)7/h2-4,11,17-19,25H,5-10,12-16H2,1H3;(H,6,7). The molecule has 3 fully saturated rings. The maximum atomic E-state index is 12.8. The second-order valence-corrected chi connectivity index (χ2v) is 11.8. The quantitative estimate of drug-likeness (QED) is 0.588. The van der Waals surface area contributed by atoms with Gasteiger partial charge in [0.15, 0.2) is 5.03 Å². The Hall–Kier alpha value is -1.80. The van der Waals surface area contributed by atoms with E-state index in [1.807, 2.05) is 0 Å². The highest BCUT2D eigenvalue weighted by molar-refractivity contribution is 7.89. The number of rotatable bonds is 5. The summed E-state index contributed by atoms with van der Waals surface area (Å²) in [6.45, 7) is 2.71. The summed E-state index contributed by atoms with van der Waals surface area (Å²) in [5.74, 6) is -2.76. The summed E-state index contributed by atoms with van der Waals surface area (Å²) in [4.78, 5) is 15.3. The number of hydrogen-bond acceptors (Lipinski definition) is 7. The van der Waals surface area contributed by atoms with Gasteiger partial charge in [0.05, 0.1) is 18.8 Å². The minimum Gasteiger partial charge on any atom is -0.475 e. The number of carbonyl (C=O) groups is 1. The molecule has 3 heterocycles. The average Bonchev–Trinajstić information content (AvgIpc) is 3.21. The van der Waals surface area contributed by atoms with Crippen molar-refractivity contribution in [3.8, 4) is 0 Å². The number of pyridine rings is 1. The third-order valence-corrected chi connectivity index (χ3v) is 9.15. The van der Waals surface area contributed by atoms with E-state index in [0.717, 1.165) is 58.1 Å². The maximum absolute atomic E-state index is 12.8. The van der Waals surface area contributed by atoms with Crippen LogP contribution >= 0.6 is 0 Å². The number of likely N-dealkylation sites (N-methyl/N-ethyl adjacent to an activating group) is 1. The molecule has 9 nitrogen and oxygen atoms in total. The van der Waals surface area contributed by atoms with Crippen molar-refractivity contribution in [2.75, 3.05) is 33.3 Å². The lowest BCUT2D eigenvalue weighted by molar-refractivity contribution is -0.192. The van der Waals surface area contributed by atoms with Gasteiger partial charge in [-0.15, -0.1) is 0 Å². The van der Waals surface area contributed by atoms with E-state index in [4.69, 9.17) is 14.6 Å². The van der Waals surface area contributed by atoms with Gasteiger partial charge in [-0.2, -0.15) is 17.5 Å². The molecule has 2 aliphatic heterocycles. The molecule has 36 heavy (non-hydrogen) atoms. The van der Waals surface area contributed by atoms with Crippen molar-refractivity contribution in [1.82, 2.24) is 14.2 Å². The van der Waals surface area contributed by atoms with Gasteiger partial charge in [0.1, 0.15) is 0 Å². The molecular weight excluding hydrogens is 503 g/mol. The van der Waals surface area contributed by atoms with Crippen LogP contribution in [0.3, 0.4) is 0 Å². The van der Waals surface area contributed by atoms with Gasteiger partial charge in [-0.25, -0.2) is 18.2 Å². The van der Waals surface area contributed by atoms with Crippen LogP contribution in [-0.4, -0.2) is 96.5 Å². The molecule has 2 N–H and O–H groups in total. The van der Waals surface area contributed by atoms with Crippen LogP contribution in [0.2, 0.25) is 0 Å². The van der Waals surface area contributed by atoms with Crippen LogP contribution in [0.4, 0.5) is 13.2 Å². The Labute approximate surface area is 209 Å². The van der Waals surface area contributed by atoms with Crippen LogP contribution in [0.5, 0.6) is 0 Å². The first-order chi connectivity index (χ1) is 16.8. The Morgan fingerprint density at radius 3 is 2.36 bits per heavy atom. The number of sulfonamides is 1. The van der Waals surface area contributed by atoms with Crippen LogP contribution in [0, 0.1) is 5.41 Å². The summed E-state index contributed by atoms with van der Waals surface area (Å²) in [5, 5.41) is 17.0. The number of hydrogen-bond donors (Lipinski definition) is 2. The molecule has 1 unspecified atom stereocenters. The number of aliphatic hydroxyl groups is 1. The number of aromatic nitrogens is 1. The van der Waals surface area contributed by atoms with E-state index >= 15 is 0 Å². The van der Waals surface area contributed by atoms with E-state index in [2.05, 4.69) is 16.9 Å². The van der Waals surface area contributed by atoms with E-state index in [9.17, 15) is 26.7 Å². The molecule has 13 heteroatoms. The second kappa shape index (κ2) is 11.7. The molecule has 0 radical (unpaired) electrons. The molecule has 1 aliphatic carbocycles. The third-order valence-electron chi connectivity index (χ3n) is 7.33. The van der Waals surface area contributed by atoms with Crippen molar-refractivity contribution in [3.05, 3.63) is 24.4 Å². The third kappa shape index (κ3) is 7.37. The monoisotopic (exact) mass is 537 g/mol. The zero-order valence-corrected chi connectivity index (χ0v) is 21.0. The number of piperidine rings is 1. The normalized spacial score (nSPS) is 27.0. The first kappa shape index (κ1) is 28.8. The van der Waals surface area contributed by atoms with Crippen molar-refractivity contribution in [1.29, 1.82) is 0 Å². The van der Waals surface area contributed by atoms with E-state index in [0.29, 0.717) is 19.1 Å². The molecule has 1 aromatic rings. The molecule has 0 bridgehead atoms. The Morgan fingerprint density at radius 1 is 1.22 bits per heavy atom. The zero-order chi connectivity index (χ0) is 26.6. The highest BCUT2D eigenvalue weighted by Crippen LogP contribution is 2.43. The Morgan fingerprint density at radius 2 is 1.83 bits per heavy atom. The molecule has 3 aliphatic rings. The van der Waals surface area contributed by atoms with Crippen LogP contribution in [0.15, 0.2) is 29.4 Å². The molecule has 2 saturated heterocycles. The second-order valence-electron chi connectivity index (χ2n) is 9.91. The van der Waals surface area contributed by atoms with E-state index in [1.54, 1.807) is 22.5 Å². The Kier molecular flexibility index (Phi) is 9.36. The number of carboxylic acids is 1. The summed E-state index contributed by atoms with van der Waals surface area (Å²) in [7, 11) is -1.34. The van der Waals surface area contributed by atoms with Crippen molar-refractivity contribution in [2.45, 2.75) is 74.4 Å². The average molecular weight is 538 g/mol. The summed E-state index contributed by atoms with van der Waals surface area (Å²) >= 11 is 0. The molecule has 1 spiro atoms. The lowest BCUT2D eigenvalue weighted by atomic mass is 9.77. The Balaban J connectivity index is 0.000000454. The fraction of sp³-hybridized carbons (Fsp3) is 0.739. The van der Waals surface area contributed by atoms with Crippen LogP contribution in [0.25, 0.3) is 0 Å². The lowest BCUT2D eigenvalue weighted by Crippen LogP contribution is -2.44.